The summed E-state index contributed by atoms with van der Waals surface area (Å²) in [6, 6.07) is 4.97. The molecular formula is C16H27N5. The van der Waals surface area contributed by atoms with Gasteiger partial charge in [-0.2, -0.15) is 5.10 Å². The molecule has 2 aliphatic rings. The van der Waals surface area contributed by atoms with Crippen molar-refractivity contribution in [1.82, 2.24) is 20.4 Å². The molecule has 2 fully saturated rings. The predicted molar refractivity (Wildman–Crippen MR) is 85.4 cm³/mol. The van der Waals surface area contributed by atoms with Crippen molar-refractivity contribution in [2.45, 2.75) is 38.3 Å². The van der Waals surface area contributed by atoms with Gasteiger partial charge in [0.1, 0.15) is 0 Å². The van der Waals surface area contributed by atoms with Crippen molar-refractivity contribution in [1.29, 1.82) is 0 Å². The van der Waals surface area contributed by atoms with Crippen LogP contribution in [0.2, 0.25) is 0 Å². The molecule has 0 bridgehead atoms. The summed E-state index contributed by atoms with van der Waals surface area (Å²) < 4.78 is 0. The summed E-state index contributed by atoms with van der Waals surface area (Å²) >= 11 is 0. The van der Waals surface area contributed by atoms with Crippen LogP contribution >= 0.6 is 0 Å². The molecule has 0 atom stereocenters. The van der Waals surface area contributed by atoms with E-state index in [9.17, 15) is 0 Å². The van der Waals surface area contributed by atoms with Crippen LogP contribution in [0, 0.1) is 5.92 Å². The lowest BCUT2D eigenvalue weighted by molar-refractivity contribution is 0.284. The fraction of sp³-hybridized carbons (Fsp3) is 0.750. The minimum atomic E-state index is 0.724. The SMILES string of the molecule is CN(C)CC1CCN(c2ccc(CNC3CC3)nn2)CC1. The number of hydrogen-bond donors (Lipinski definition) is 1. The maximum atomic E-state index is 4.41. The van der Waals surface area contributed by atoms with Gasteiger partial charge in [-0.15, -0.1) is 5.10 Å². The van der Waals surface area contributed by atoms with E-state index in [0.717, 1.165) is 43.1 Å². The smallest absolute Gasteiger partial charge is 0.151 e. The summed E-state index contributed by atoms with van der Waals surface area (Å²) in [6.07, 6.45) is 5.14. The lowest BCUT2D eigenvalue weighted by Gasteiger charge is -2.33. The highest BCUT2D eigenvalue weighted by molar-refractivity contribution is 5.37. The maximum absolute atomic E-state index is 4.41. The molecule has 0 aromatic carbocycles. The zero-order valence-corrected chi connectivity index (χ0v) is 13.3. The Morgan fingerprint density at radius 1 is 1.14 bits per heavy atom. The van der Waals surface area contributed by atoms with Crippen LogP contribution in [0.1, 0.15) is 31.4 Å². The molecule has 1 aromatic rings. The highest BCUT2D eigenvalue weighted by Crippen LogP contribution is 2.22. The van der Waals surface area contributed by atoms with Crippen LogP contribution < -0.4 is 10.2 Å². The molecule has 0 spiro atoms. The van der Waals surface area contributed by atoms with Crippen molar-refractivity contribution in [2.75, 3.05) is 38.6 Å². The quantitative estimate of drug-likeness (QED) is 0.860. The number of nitrogens with zero attached hydrogens (tertiary/aromatic N) is 4. The largest absolute Gasteiger partial charge is 0.355 e. The van der Waals surface area contributed by atoms with Crippen molar-refractivity contribution in [3.8, 4) is 0 Å². The lowest BCUT2D eigenvalue weighted by Crippen LogP contribution is -2.37. The van der Waals surface area contributed by atoms with E-state index in [2.05, 4.69) is 51.5 Å². The van der Waals surface area contributed by atoms with Crippen LogP contribution in [0.15, 0.2) is 12.1 Å². The van der Waals surface area contributed by atoms with E-state index in [1.165, 1.54) is 32.2 Å². The molecule has 2 heterocycles. The van der Waals surface area contributed by atoms with E-state index in [4.69, 9.17) is 0 Å². The van der Waals surface area contributed by atoms with Crippen LogP contribution in [-0.2, 0) is 6.54 Å². The molecule has 1 aliphatic carbocycles. The molecule has 1 saturated heterocycles. The highest BCUT2D eigenvalue weighted by Gasteiger charge is 2.22. The zero-order chi connectivity index (χ0) is 14.7. The minimum absolute atomic E-state index is 0.724. The normalized spacial score (nSPS) is 20.2. The molecule has 5 heteroatoms. The van der Waals surface area contributed by atoms with Crippen molar-refractivity contribution < 1.29 is 0 Å². The van der Waals surface area contributed by atoms with Gasteiger partial charge in [-0.05, 0) is 57.8 Å². The fourth-order valence-electron chi connectivity index (χ4n) is 3.01. The zero-order valence-electron chi connectivity index (χ0n) is 13.3. The van der Waals surface area contributed by atoms with E-state index in [0.29, 0.717) is 0 Å². The maximum Gasteiger partial charge on any atom is 0.151 e. The Balaban J connectivity index is 1.48. The molecule has 1 aliphatic heterocycles. The fourth-order valence-corrected chi connectivity index (χ4v) is 3.01. The molecule has 21 heavy (non-hydrogen) atoms. The van der Waals surface area contributed by atoms with Crippen LogP contribution in [0.3, 0.4) is 0 Å². The van der Waals surface area contributed by atoms with E-state index in [-0.39, 0.29) is 0 Å². The summed E-state index contributed by atoms with van der Waals surface area (Å²) in [5, 5.41) is 12.2. The van der Waals surface area contributed by atoms with E-state index >= 15 is 0 Å². The molecule has 116 valence electrons. The van der Waals surface area contributed by atoms with Gasteiger partial charge in [-0.3, -0.25) is 0 Å². The predicted octanol–water partition coefficient (Wildman–Crippen LogP) is 1.51. The van der Waals surface area contributed by atoms with Crippen molar-refractivity contribution >= 4 is 5.82 Å². The summed E-state index contributed by atoms with van der Waals surface area (Å²) in [5.74, 6) is 1.86. The van der Waals surface area contributed by atoms with Crippen LogP contribution in [0.25, 0.3) is 0 Å². The Labute approximate surface area is 127 Å². The first-order valence-electron chi connectivity index (χ1n) is 8.16. The van der Waals surface area contributed by atoms with Crippen LogP contribution in [-0.4, -0.2) is 54.9 Å². The van der Waals surface area contributed by atoms with Crippen molar-refractivity contribution in [3.63, 3.8) is 0 Å². The number of nitrogens with one attached hydrogen (secondary N) is 1. The van der Waals surface area contributed by atoms with Gasteiger partial charge < -0.3 is 15.1 Å². The van der Waals surface area contributed by atoms with Gasteiger partial charge >= 0.3 is 0 Å². The third-order valence-electron chi connectivity index (χ3n) is 4.42. The average Bonchev–Trinajstić information content (AvgIpc) is 3.30. The summed E-state index contributed by atoms with van der Waals surface area (Å²) in [7, 11) is 4.32. The molecule has 1 aromatic heterocycles. The summed E-state index contributed by atoms with van der Waals surface area (Å²) in [5.41, 5.74) is 1.05. The van der Waals surface area contributed by atoms with Gasteiger partial charge in [0.05, 0.1) is 5.69 Å². The first-order valence-corrected chi connectivity index (χ1v) is 8.16. The second-order valence-corrected chi connectivity index (χ2v) is 6.73. The second kappa shape index (κ2) is 6.71. The Morgan fingerprint density at radius 3 is 2.48 bits per heavy atom. The Hall–Kier alpha value is -1.20. The average molecular weight is 289 g/mol. The molecule has 1 N–H and O–H groups in total. The third kappa shape index (κ3) is 4.38. The van der Waals surface area contributed by atoms with Crippen molar-refractivity contribution in [2.24, 2.45) is 5.92 Å². The van der Waals surface area contributed by atoms with Gasteiger partial charge in [-0.1, -0.05) is 0 Å². The third-order valence-corrected chi connectivity index (χ3v) is 4.42. The lowest BCUT2D eigenvalue weighted by atomic mass is 9.96. The summed E-state index contributed by atoms with van der Waals surface area (Å²) in [4.78, 5) is 4.67. The molecule has 3 rings (SSSR count). The number of aromatic nitrogens is 2. The topological polar surface area (TPSA) is 44.3 Å². The molecular weight excluding hydrogens is 262 g/mol. The highest BCUT2D eigenvalue weighted by atomic mass is 15.3. The Kier molecular flexibility index (Phi) is 4.70. The molecule has 1 saturated carbocycles. The molecule has 5 nitrogen and oxygen atoms in total. The van der Waals surface area contributed by atoms with E-state index < -0.39 is 0 Å². The standard InChI is InChI=1S/C16H27N5/c1-20(2)12-13-7-9-21(10-8-13)16-6-5-15(18-19-16)11-17-14-3-4-14/h5-6,13-14,17H,3-4,7-12H2,1-2H3. The molecule has 0 unspecified atom stereocenters. The Morgan fingerprint density at radius 2 is 1.90 bits per heavy atom. The van der Waals surface area contributed by atoms with Gasteiger partial charge in [-0.25, -0.2) is 0 Å². The first kappa shape index (κ1) is 14.7. The number of rotatable bonds is 6. The van der Waals surface area contributed by atoms with Crippen LogP contribution in [0.4, 0.5) is 5.82 Å². The number of piperidine rings is 1. The van der Waals surface area contributed by atoms with Crippen molar-refractivity contribution in [3.05, 3.63) is 17.8 Å². The van der Waals surface area contributed by atoms with Gasteiger partial charge in [0, 0.05) is 32.2 Å². The minimum Gasteiger partial charge on any atom is -0.355 e. The number of anilines is 1. The summed E-state index contributed by atoms with van der Waals surface area (Å²) in [6.45, 7) is 4.26. The monoisotopic (exact) mass is 289 g/mol. The molecule has 0 radical (unpaired) electrons. The second-order valence-electron chi connectivity index (χ2n) is 6.73. The van der Waals surface area contributed by atoms with Gasteiger partial charge in [0.2, 0.25) is 0 Å². The van der Waals surface area contributed by atoms with E-state index in [1.54, 1.807) is 0 Å². The van der Waals surface area contributed by atoms with Gasteiger partial charge in [0.15, 0.2) is 5.82 Å². The van der Waals surface area contributed by atoms with Crippen LogP contribution in [0.5, 0.6) is 0 Å². The number of hydrogen-bond acceptors (Lipinski definition) is 5. The van der Waals surface area contributed by atoms with E-state index in [1.807, 2.05) is 0 Å². The van der Waals surface area contributed by atoms with Gasteiger partial charge in [0.25, 0.3) is 0 Å². The Bertz CT molecular complexity index is 432. The first-order chi connectivity index (χ1) is 10.2. The molecule has 0 amide bonds.